The molecule has 3 aliphatic carbocycles. The zero-order chi connectivity index (χ0) is 18.4. The number of rotatable bonds is 8. The van der Waals surface area contributed by atoms with Crippen molar-refractivity contribution in [3.05, 3.63) is 0 Å². The molecule has 1 unspecified atom stereocenters. The van der Waals surface area contributed by atoms with Crippen LogP contribution in [0.2, 0.25) is 0 Å². The van der Waals surface area contributed by atoms with Gasteiger partial charge in [-0.2, -0.15) is 0 Å². The van der Waals surface area contributed by atoms with Gasteiger partial charge in [0.2, 0.25) is 0 Å². The number of unbranched alkanes of at least 4 members (excludes halogenated alkanes) is 4. The highest BCUT2D eigenvalue weighted by Gasteiger charge is 2.38. The minimum atomic E-state index is -0.0797. The Hall–Kier alpha value is -0.0400. The summed E-state index contributed by atoms with van der Waals surface area (Å²) in [6.45, 7) is 4.31. The van der Waals surface area contributed by atoms with Crippen molar-refractivity contribution in [3.8, 4) is 0 Å². The van der Waals surface area contributed by atoms with Gasteiger partial charge in [0, 0.05) is 0 Å². The van der Waals surface area contributed by atoms with Gasteiger partial charge in [-0.1, -0.05) is 51.9 Å². The van der Waals surface area contributed by atoms with Gasteiger partial charge in [0.15, 0.2) is 0 Å². The first-order valence-corrected chi connectivity index (χ1v) is 12.3. The molecule has 0 saturated heterocycles. The molecule has 3 aliphatic rings. The summed E-state index contributed by atoms with van der Waals surface area (Å²) >= 11 is 0. The Morgan fingerprint density at radius 3 is 1.96 bits per heavy atom. The standard InChI is InChI=1S/C25H46O/c1-3-4-5-6-7-8-20-9-10-25-18-24(16-15-23(25)17-20)22-13-11-21(12-14-22)19(2)26/h19-26H,3-18H2,1-2H3/t19?,20-,21?,22?,23+,24+,25+/m0/s1. The maximum absolute atomic E-state index is 9.86. The third-order valence-electron chi connectivity index (χ3n) is 8.64. The molecule has 0 amide bonds. The summed E-state index contributed by atoms with van der Waals surface area (Å²) in [5.41, 5.74) is 0. The molecule has 5 atom stereocenters. The van der Waals surface area contributed by atoms with E-state index in [4.69, 9.17) is 0 Å². The van der Waals surface area contributed by atoms with E-state index in [9.17, 15) is 5.11 Å². The van der Waals surface area contributed by atoms with Gasteiger partial charge >= 0.3 is 0 Å². The Morgan fingerprint density at radius 2 is 1.27 bits per heavy atom. The fourth-order valence-corrected chi connectivity index (χ4v) is 6.85. The summed E-state index contributed by atoms with van der Waals surface area (Å²) in [6.07, 6.45) is 23.3. The summed E-state index contributed by atoms with van der Waals surface area (Å²) in [5.74, 6) is 5.82. The van der Waals surface area contributed by atoms with Crippen LogP contribution in [0.5, 0.6) is 0 Å². The molecular weight excluding hydrogens is 316 g/mol. The lowest BCUT2D eigenvalue weighted by Gasteiger charge is -2.45. The van der Waals surface area contributed by atoms with Gasteiger partial charge in [-0.05, 0) is 100 Å². The van der Waals surface area contributed by atoms with Crippen LogP contribution < -0.4 is 0 Å². The number of hydrogen-bond donors (Lipinski definition) is 1. The van der Waals surface area contributed by atoms with Crippen molar-refractivity contribution < 1.29 is 5.11 Å². The Morgan fingerprint density at radius 1 is 0.692 bits per heavy atom. The van der Waals surface area contributed by atoms with Crippen molar-refractivity contribution in [1.82, 2.24) is 0 Å². The van der Waals surface area contributed by atoms with Crippen molar-refractivity contribution in [2.24, 2.45) is 35.5 Å². The summed E-state index contributed by atoms with van der Waals surface area (Å²) in [7, 11) is 0. The van der Waals surface area contributed by atoms with E-state index in [1.165, 1.54) is 83.5 Å². The van der Waals surface area contributed by atoms with E-state index < -0.39 is 0 Å². The molecule has 3 rings (SSSR count). The Kier molecular flexibility index (Phi) is 8.35. The van der Waals surface area contributed by atoms with Crippen molar-refractivity contribution in [3.63, 3.8) is 0 Å². The molecule has 3 fully saturated rings. The first-order chi connectivity index (χ1) is 12.7. The monoisotopic (exact) mass is 362 g/mol. The molecule has 0 aromatic rings. The molecule has 1 nitrogen and oxygen atoms in total. The first-order valence-electron chi connectivity index (χ1n) is 12.3. The average Bonchev–Trinajstić information content (AvgIpc) is 2.67. The Bertz CT molecular complexity index is 382. The van der Waals surface area contributed by atoms with Gasteiger partial charge in [-0.15, -0.1) is 0 Å². The third-order valence-corrected chi connectivity index (χ3v) is 8.64. The van der Waals surface area contributed by atoms with Crippen LogP contribution in [0.15, 0.2) is 0 Å². The normalized spacial score (nSPS) is 39.3. The minimum absolute atomic E-state index is 0.0797. The third kappa shape index (κ3) is 5.73. The van der Waals surface area contributed by atoms with E-state index in [1.807, 2.05) is 6.92 Å². The highest BCUT2D eigenvalue weighted by molar-refractivity contribution is 4.89. The van der Waals surface area contributed by atoms with E-state index in [0.717, 1.165) is 29.6 Å². The van der Waals surface area contributed by atoms with Crippen molar-refractivity contribution in [1.29, 1.82) is 0 Å². The summed E-state index contributed by atoms with van der Waals surface area (Å²) in [6, 6.07) is 0. The van der Waals surface area contributed by atoms with Crippen LogP contribution >= 0.6 is 0 Å². The van der Waals surface area contributed by atoms with Crippen LogP contribution in [-0.2, 0) is 0 Å². The van der Waals surface area contributed by atoms with Gasteiger partial charge in [-0.3, -0.25) is 0 Å². The molecule has 1 heteroatoms. The fraction of sp³-hybridized carbons (Fsp3) is 1.00. The zero-order valence-corrected chi connectivity index (χ0v) is 17.8. The van der Waals surface area contributed by atoms with E-state index >= 15 is 0 Å². The van der Waals surface area contributed by atoms with Gasteiger partial charge in [0.05, 0.1) is 6.10 Å². The molecule has 0 aliphatic heterocycles. The van der Waals surface area contributed by atoms with E-state index in [1.54, 1.807) is 19.3 Å². The van der Waals surface area contributed by atoms with E-state index in [-0.39, 0.29) is 6.10 Å². The molecule has 0 aromatic heterocycles. The predicted octanol–water partition coefficient (Wildman–Crippen LogP) is 7.37. The number of aliphatic hydroxyl groups excluding tert-OH is 1. The predicted molar refractivity (Wildman–Crippen MR) is 112 cm³/mol. The summed E-state index contributed by atoms with van der Waals surface area (Å²) in [4.78, 5) is 0. The SMILES string of the molecule is CCCCCCC[C@H]1CC[C@@H]2C[C@H](C3CCC(C(C)O)CC3)CC[C@@H]2C1. The largest absolute Gasteiger partial charge is 0.393 e. The smallest absolute Gasteiger partial charge is 0.0540 e. The van der Waals surface area contributed by atoms with Crippen LogP contribution in [0.4, 0.5) is 0 Å². The second kappa shape index (κ2) is 10.5. The van der Waals surface area contributed by atoms with E-state index in [2.05, 4.69) is 6.92 Å². The van der Waals surface area contributed by atoms with Crippen LogP contribution in [0, 0.1) is 35.5 Å². The quantitative estimate of drug-likeness (QED) is 0.447. The van der Waals surface area contributed by atoms with Gasteiger partial charge < -0.3 is 5.11 Å². The van der Waals surface area contributed by atoms with Crippen LogP contribution in [0.25, 0.3) is 0 Å². The van der Waals surface area contributed by atoms with Crippen LogP contribution in [-0.4, -0.2) is 11.2 Å². The molecule has 0 heterocycles. The zero-order valence-electron chi connectivity index (χ0n) is 17.8. The lowest BCUT2D eigenvalue weighted by Crippen LogP contribution is -2.35. The molecule has 0 radical (unpaired) electrons. The molecule has 1 N–H and O–H groups in total. The maximum Gasteiger partial charge on any atom is 0.0540 e. The van der Waals surface area contributed by atoms with Crippen LogP contribution in [0.1, 0.15) is 117 Å². The molecule has 3 saturated carbocycles. The van der Waals surface area contributed by atoms with Gasteiger partial charge in [0.1, 0.15) is 0 Å². The van der Waals surface area contributed by atoms with Crippen molar-refractivity contribution in [2.75, 3.05) is 0 Å². The lowest BCUT2D eigenvalue weighted by molar-refractivity contribution is 0.0394. The van der Waals surface area contributed by atoms with Crippen LogP contribution in [0.3, 0.4) is 0 Å². The molecule has 0 aromatic carbocycles. The fourth-order valence-electron chi connectivity index (χ4n) is 6.85. The Balaban J connectivity index is 1.36. The highest BCUT2D eigenvalue weighted by Crippen LogP contribution is 2.49. The van der Waals surface area contributed by atoms with Gasteiger partial charge in [-0.25, -0.2) is 0 Å². The summed E-state index contributed by atoms with van der Waals surface area (Å²) in [5, 5.41) is 9.86. The number of hydrogen-bond acceptors (Lipinski definition) is 1. The van der Waals surface area contributed by atoms with Crippen molar-refractivity contribution in [2.45, 2.75) is 123 Å². The van der Waals surface area contributed by atoms with Crippen molar-refractivity contribution >= 4 is 0 Å². The topological polar surface area (TPSA) is 20.2 Å². The molecule has 0 spiro atoms. The number of fused-ring (bicyclic) bond motifs is 1. The Labute approximate surface area is 163 Å². The summed E-state index contributed by atoms with van der Waals surface area (Å²) < 4.78 is 0. The minimum Gasteiger partial charge on any atom is -0.393 e. The molecular formula is C25H46O. The lowest BCUT2D eigenvalue weighted by atomic mass is 9.60. The molecule has 26 heavy (non-hydrogen) atoms. The number of aliphatic hydroxyl groups is 1. The highest BCUT2D eigenvalue weighted by atomic mass is 16.3. The maximum atomic E-state index is 9.86. The average molecular weight is 363 g/mol. The molecule has 0 bridgehead atoms. The van der Waals surface area contributed by atoms with Gasteiger partial charge in [0.25, 0.3) is 0 Å². The van der Waals surface area contributed by atoms with E-state index in [0.29, 0.717) is 5.92 Å². The second-order valence-electron chi connectivity index (χ2n) is 10.4. The second-order valence-corrected chi connectivity index (χ2v) is 10.4. The first kappa shape index (κ1) is 20.7. The molecule has 152 valence electrons.